The molecule has 162 valence electrons. The van der Waals surface area contributed by atoms with E-state index >= 15 is 0 Å². The molecule has 29 heavy (non-hydrogen) atoms. The van der Waals surface area contributed by atoms with Crippen LogP contribution >= 0.6 is 0 Å². The number of carbonyl (C=O) groups excluding carboxylic acids is 1. The largest absolute Gasteiger partial charge is 0.364 e. The minimum absolute atomic E-state index is 0.0244. The fourth-order valence-corrected chi connectivity index (χ4v) is 4.92. The summed E-state index contributed by atoms with van der Waals surface area (Å²) < 4.78 is 16.6. The van der Waals surface area contributed by atoms with E-state index < -0.39 is 5.60 Å². The second-order valence-electron chi connectivity index (χ2n) is 8.87. The first kappa shape index (κ1) is 22.2. The van der Waals surface area contributed by atoms with Gasteiger partial charge in [0.2, 0.25) is 0 Å². The molecule has 1 unspecified atom stereocenters. The Hall–Kier alpha value is -1.50. The lowest BCUT2D eigenvalue weighted by atomic mass is 9.73. The van der Waals surface area contributed by atoms with Gasteiger partial charge in [0.25, 0.3) is 5.91 Å². The van der Waals surface area contributed by atoms with E-state index in [-0.39, 0.29) is 25.5 Å². The standard InChI is InChI=1S/C23H36N2O4/c1-6-17-7-8-19-18(12-17)9-10-24-20(19)13-23(29-15-28-5)21(11-16(2)3)25(14-27-4)22(23)26/h9-10,16-17,21H,6-8,11-15H2,1-5H3/t17?,21-,23+/m0/s1. The topological polar surface area (TPSA) is 60.9 Å². The molecule has 1 aliphatic carbocycles. The number of pyridine rings is 1. The molecule has 1 aliphatic heterocycles. The molecule has 0 spiro atoms. The number of fused-ring (bicyclic) bond motifs is 1. The van der Waals surface area contributed by atoms with Gasteiger partial charge >= 0.3 is 0 Å². The van der Waals surface area contributed by atoms with E-state index in [9.17, 15) is 4.79 Å². The van der Waals surface area contributed by atoms with Crippen LogP contribution in [-0.4, -0.2) is 55.2 Å². The van der Waals surface area contributed by atoms with E-state index in [1.807, 2.05) is 6.20 Å². The summed E-state index contributed by atoms with van der Waals surface area (Å²) in [5.74, 6) is 1.15. The first-order valence-electron chi connectivity index (χ1n) is 10.8. The number of hydrogen-bond donors (Lipinski definition) is 0. The highest BCUT2D eigenvalue weighted by atomic mass is 16.7. The van der Waals surface area contributed by atoms with Crippen LogP contribution in [0.25, 0.3) is 0 Å². The van der Waals surface area contributed by atoms with Crippen LogP contribution in [0.4, 0.5) is 0 Å². The third-order valence-electron chi connectivity index (χ3n) is 6.50. The molecule has 1 aromatic heterocycles. The average molecular weight is 405 g/mol. The summed E-state index contributed by atoms with van der Waals surface area (Å²) in [6, 6.07) is 2.10. The molecule has 6 heteroatoms. The van der Waals surface area contributed by atoms with Gasteiger partial charge in [0.15, 0.2) is 5.60 Å². The summed E-state index contributed by atoms with van der Waals surface area (Å²) >= 11 is 0. The van der Waals surface area contributed by atoms with E-state index in [4.69, 9.17) is 19.2 Å². The van der Waals surface area contributed by atoms with Crippen LogP contribution in [0.3, 0.4) is 0 Å². The Kier molecular flexibility index (Phi) is 7.30. The number of aromatic nitrogens is 1. The van der Waals surface area contributed by atoms with Crippen molar-refractivity contribution in [2.24, 2.45) is 11.8 Å². The van der Waals surface area contributed by atoms with Gasteiger partial charge < -0.3 is 19.1 Å². The molecule has 1 saturated heterocycles. The number of rotatable bonds is 10. The molecule has 2 aliphatic rings. The van der Waals surface area contributed by atoms with Gasteiger partial charge in [-0.3, -0.25) is 9.78 Å². The highest BCUT2D eigenvalue weighted by molar-refractivity contribution is 5.93. The van der Waals surface area contributed by atoms with Gasteiger partial charge in [0, 0.05) is 32.5 Å². The predicted octanol–water partition coefficient (Wildman–Crippen LogP) is 3.36. The van der Waals surface area contributed by atoms with Crippen LogP contribution in [0.5, 0.6) is 0 Å². The SMILES string of the molecule is CCC1CCc2c(ccnc2C[C@]2(OCOC)C(=O)N(COC)[C@H]2CC(C)C)C1. The van der Waals surface area contributed by atoms with Crippen molar-refractivity contribution in [1.82, 2.24) is 9.88 Å². The Bertz CT molecular complexity index is 708. The van der Waals surface area contributed by atoms with Crippen molar-refractivity contribution in [2.45, 2.75) is 70.9 Å². The van der Waals surface area contributed by atoms with Crippen LogP contribution in [0.15, 0.2) is 12.3 Å². The maximum atomic E-state index is 13.3. The van der Waals surface area contributed by atoms with E-state index in [2.05, 4.69) is 26.8 Å². The molecule has 1 amide bonds. The second-order valence-corrected chi connectivity index (χ2v) is 8.87. The highest BCUT2D eigenvalue weighted by Crippen LogP contribution is 2.42. The molecule has 3 rings (SSSR count). The third kappa shape index (κ3) is 4.35. The molecular formula is C23H36N2O4. The van der Waals surface area contributed by atoms with Gasteiger partial charge in [-0.15, -0.1) is 0 Å². The van der Waals surface area contributed by atoms with E-state index in [0.29, 0.717) is 12.3 Å². The Morgan fingerprint density at radius 3 is 2.76 bits per heavy atom. The summed E-state index contributed by atoms with van der Waals surface area (Å²) in [6.07, 6.45) is 7.77. The van der Waals surface area contributed by atoms with Gasteiger partial charge in [-0.25, -0.2) is 0 Å². The van der Waals surface area contributed by atoms with Crippen molar-refractivity contribution in [3.05, 3.63) is 29.1 Å². The third-order valence-corrected chi connectivity index (χ3v) is 6.50. The lowest BCUT2D eigenvalue weighted by molar-refractivity contribution is -0.235. The molecule has 6 nitrogen and oxygen atoms in total. The predicted molar refractivity (Wildman–Crippen MR) is 111 cm³/mol. The van der Waals surface area contributed by atoms with Crippen molar-refractivity contribution in [3.8, 4) is 0 Å². The molecule has 0 bridgehead atoms. The lowest BCUT2D eigenvalue weighted by Crippen LogP contribution is -2.76. The maximum absolute atomic E-state index is 13.3. The number of likely N-dealkylation sites (tertiary alicyclic amines) is 1. The molecule has 1 aromatic rings. The smallest absolute Gasteiger partial charge is 0.259 e. The molecule has 0 aromatic carbocycles. The number of ether oxygens (including phenoxy) is 3. The number of carbonyl (C=O) groups is 1. The van der Waals surface area contributed by atoms with E-state index in [0.717, 1.165) is 30.9 Å². The molecule has 0 radical (unpaired) electrons. The lowest BCUT2D eigenvalue weighted by Gasteiger charge is -2.55. The molecule has 0 saturated carbocycles. The summed E-state index contributed by atoms with van der Waals surface area (Å²) in [5, 5.41) is 0. The number of methoxy groups -OCH3 is 2. The normalized spacial score (nSPS) is 26.6. The Morgan fingerprint density at radius 2 is 2.10 bits per heavy atom. The minimum Gasteiger partial charge on any atom is -0.364 e. The second kappa shape index (κ2) is 9.54. The summed E-state index contributed by atoms with van der Waals surface area (Å²) in [6.45, 7) is 6.98. The van der Waals surface area contributed by atoms with Crippen LogP contribution in [0, 0.1) is 11.8 Å². The Labute approximate surface area is 174 Å². The number of amides is 1. The molecular weight excluding hydrogens is 368 g/mol. The van der Waals surface area contributed by atoms with Gasteiger partial charge in [-0.1, -0.05) is 27.2 Å². The molecule has 3 atom stereocenters. The quantitative estimate of drug-likeness (QED) is 0.442. The zero-order valence-corrected chi connectivity index (χ0v) is 18.6. The number of hydrogen-bond acceptors (Lipinski definition) is 5. The molecule has 2 heterocycles. The fourth-order valence-electron chi connectivity index (χ4n) is 4.92. The Morgan fingerprint density at radius 1 is 1.31 bits per heavy atom. The van der Waals surface area contributed by atoms with Crippen molar-refractivity contribution in [3.63, 3.8) is 0 Å². The van der Waals surface area contributed by atoms with Crippen LogP contribution in [0.2, 0.25) is 0 Å². The molecule has 0 N–H and O–H groups in total. The van der Waals surface area contributed by atoms with E-state index in [1.54, 1.807) is 19.1 Å². The van der Waals surface area contributed by atoms with Gasteiger partial charge in [0.1, 0.15) is 13.5 Å². The van der Waals surface area contributed by atoms with Crippen molar-refractivity contribution in [2.75, 3.05) is 27.7 Å². The summed E-state index contributed by atoms with van der Waals surface area (Å²) in [7, 11) is 3.21. The monoisotopic (exact) mass is 404 g/mol. The fraction of sp³-hybridized carbons (Fsp3) is 0.739. The van der Waals surface area contributed by atoms with Crippen LogP contribution < -0.4 is 0 Å². The van der Waals surface area contributed by atoms with Gasteiger partial charge in [0.05, 0.1) is 6.04 Å². The van der Waals surface area contributed by atoms with Crippen molar-refractivity contribution < 1.29 is 19.0 Å². The number of nitrogens with zero attached hydrogens (tertiary/aromatic N) is 2. The van der Waals surface area contributed by atoms with Crippen molar-refractivity contribution >= 4 is 5.91 Å². The average Bonchev–Trinajstić information content (AvgIpc) is 2.73. The summed E-state index contributed by atoms with van der Waals surface area (Å²) in [4.78, 5) is 19.8. The zero-order chi connectivity index (χ0) is 21.0. The van der Waals surface area contributed by atoms with Crippen LogP contribution in [-0.2, 0) is 38.3 Å². The first-order chi connectivity index (χ1) is 14.0. The molecule has 1 fully saturated rings. The van der Waals surface area contributed by atoms with Gasteiger partial charge in [-0.05, 0) is 54.7 Å². The first-order valence-corrected chi connectivity index (χ1v) is 10.8. The van der Waals surface area contributed by atoms with E-state index in [1.165, 1.54) is 24.0 Å². The Balaban J connectivity index is 1.92. The van der Waals surface area contributed by atoms with Crippen LogP contribution in [0.1, 0.15) is 56.9 Å². The number of β-lactam (4-membered cyclic amide) rings is 1. The minimum atomic E-state index is -0.928. The van der Waals surface area contributed by atoms with Gasteiger partial charge in [-0.2, -0.15) is 0 Å². The zero-order valence-electron chi connectivity index (χ0n) is 18.6. The highest BCUT2D eigenvalue weighted by Gasteiger charge is 2.62. The summed E-state index contributed by atoms with van der Waals surface area (Å²) in [5.41, 5.74) is 2.78. The maximum Gasteiger partial charge on any atom is 0.259 e. The van der Waals surface area contributed by atoms with Crippen molar-refractivity contribution in [1.29, 1.82) is 0 Å².